The van der Waals surface area contributed by atoms with Crippen molar-refractivity contribution in [2.24, 2.45) is 11.0 Å². The molecule has 0 unspecified atom stereocenters. The molecule has 0 heterocycles. The first-order chi connectivity index (χ1) is 9.24. The number of hydrazone groups is 1. The predicted molar refractivity (Wildman–Crippen MR) is 81.2 cm³/mol. The number of nitrogens with one attached hydrogen (secondary N) is 1. The zero-order valence-electron chi connectivity index (χ0n) is 12.7. The molecule has 1 aliphatic rings. The summed E-state index contributed by atoms with van der Waals surface area (Å²) in [4.78, 5) is 11.5. The van der Waals surface area contributed by atoms with E-state index in [0.29, 0.717) is 12.3 Å². The van der Waals surface area contributed by atoms with E-state index in [1.807, 2.05) is 6.92 Å². The lowest BCUT2D eigenvalue weighted by atomic mass is 10.1. The predicted octanol–water partition coefficient (Wildman–Crippen LogP) is 4.42. The molecule has 1 fully saturated rings. The summed E-state index contributed by atoms with van der Waals surface area (Å²) in [7, 11) is 0. The van der Waals surface area contributed by atoms with E-state index >= 15 is 0 Å². The minimum Gasteiger partial charge on any atom is -0.273 e. The van der Waals surface area contributed by atoms with Crippen molar-refractivity contribution in [3.8, 4) is 0 Å². The fourth-order valence-electron chi connectivity index (χ4n) is 2.22. The van der Waals surface area contributed by atoms with Crippen LogP contribution in [0.1, 0.15) is 84.5 Å². The van der Waals surface area contributed by atoms with E-state index in [1.165, 1.54) is 57.8 Å². The van der Waals surface area contributed by atoms with Crippen LogP contribution < -0.4 is 5.43 Å². The lowest BCUT2D eigenvalue weighted by molar-refractivity contribution is -0.121. The molecule has 3 heteroatoms. The van der Waals surface area contributed by atoms with Crippen molar-refractivity contribution < 1.29 is 4.79 Å². The van der Waals surface area contributed by atoms with Crippen LogP contribution in [-0.2, 0) is 4.79 Å². The van der Waals surface area contributed by atoms with E-state index in [9.17, 15) is 4.79 Å². The molecule has 0 aromatic carbocycles. The standard InChI is InChI=1S/C16H30N2O/c1-3-4-5-6-7-8-9-10-11-16(19)18-17-14(2)15-12-13-15/h15H,3-13H2,1-2H3,(H,18,19)/b17-14+. The van der Waals surface area contributed by atoms with Crippen LogP contribution in [0, 0.1) is 5.92 Å². The van der Waals surface area contributed by atoms with Crippen molar-refractivity contribution in [1.82, 2.24) is 5.43 Å². The van der Waals surface area contributed by atoms with Gasteiger partial charge in [0.05, 0.1) is 0 Å². The van der Waals surface area contributed by atoms with Crippen molar-refractivity contribution in [3.05, 3.63) is 0 Å². The van der Waals surface area contributed by atoms with Gasteiger partial charge in [0.2, 0.25) is 5.91 Å². The zero-order chi connectivity index (χ0) is 13.9. The number of unbranched alkanes of at least 4 members (excludes halogenated alkanes) is 7. The summed E-state index contributed by atoms with van der Waals surface area (Å²) in [5.74, 6) is 0.717. The van der Waals surface area contributed by atoms with Crippen molar-refractivity contribution in [3.63, 3.8) is 0 Å². The SMILES string of the molecule is CCCCCCCCCCC(=O)N/N=C(\C)C1CC1. The van der Waals surface area contributed by atoms with Gasteiger partial charge in [-0.2, -0.15) is 5.10 Å². The highest BCUT2D eigenvalue weighted by molar-refractivity contribution is 5.87. The van der Waals surface area contributed by atoms with Crippen LogP contribution in [0.25, 0.3) is 0 Å². The maximum absolute atomic E-state index is 11.5. The largest absolute Gasteiger partial charge is 0.273 e. The Morgan fingerprint density at radius 1 is 1.05 bits per heavy atom. The van der Waals surface area contributed by atoms with E-state index < -0.39 is 0 Å². The van der Waals surface area contributed by atoms with Gasteiger partial charge in [-0.05, 0) is 32.1 Å². The molecule has 1 N–H and O–H groups in total. The summed E-state index contributed by atoms with van der Waals surface area (Å²) in [5, 5.41) is 4.15. The molecule has 1 aliphatic carbocycles. The maximum atomic E-state index is 11.5. The quantitative estimate of drug-likeness (QED) is 0.336. The van der Waals surface area contributed by atoms with Gasteiger partial charge >= 0.3 is 0 Å². The van der Waals surface area contributed by atoms with Crippen molar-refractivity contribution in [2.45, 2.75) is 84.5 Å². The van der Waals surface area contributed by atoms with Crippen molar-refractivity contribution >= 4 is 11.6 Å². The summed E-state index contributed by atoms with van der Waals surface area (Å²) in [6.07, 6.45) is 13.2. The van der Waals surface area contributed by atoms with Crippen molar-refractivity contribution in [2.75, 3.05) is 0 Å². The van der Waals surface area contributed by atoms with Crippen LogP contribution in [0.2, 0.25) is 0 Å². The minimum absolute atomic E-state index is 0.0750. The average molecular weight is 266 g/mol. The van der Waals surface area contributed by atoms with Gasteiger partial charge in [-0.15, -0.1) is 0 Å². The molecule has 0 bridgehead atoms. The lowest BCUT2D eigenvalue weighted by Crippen LogP contribution is -2.18. The van der Waals surface area contributed by atoms with Crippen LogP contribution in [-0.4, -0.2) is 11.6 Å². The van der Waals surface area contributed by atoms with Crippen LogP contribution in [0.3, 0.4) is 0 Å². The summed E-state index contributed by atoms with van der Waals surface area (Å²) < 4.78 is 0. The third-order valence-electron chi connectivity index (χ3n) is 3.78. The Hall–Kier alpha value is -0.860. The van der Waals surface area contributed by atoms with Crippen LogP contribution in [0.15, 0.2) is 5.10 Å². The minimum atomic E-state index is 0.0750. The lowest BCUT2D eigenvalue weighted by Gasteiger charge is -2.02. The second-order valence-electron chi connectivity index (χ2n) is 5.79. The summed E-state index contributed by atoms with van der Waals surface area (Å²) in [6.45, 7) is 4.25. The smallest absolute Gasteiger partial charge is 0.240 e. The second kappa shape index (κ2) is 9.99. The molecule has 3 nitrogen and oxygen atoms in total. The van der Waals surface area contributed by atoms with Gasteiger partial charge in [-0.3, -0.25) is 4.79 Å². The first kappa shape index (κ1) is 16.2. The third-order valence-corrected chi connectivity index (χ3v) is 3.78. The van der Waals surface area contributed by atoms with E-state index in [2.05, 4.69) is 17.5 Å². The molecule has 0 aliphatic heterocycles. The molecule has 0 aromatic rings. The Balaban J connectivity index is 1.88. The van der Waals surface area contributed by atoms with E-state index in [1.54, 1.807) is 0 Å². The normalized spacial score (nSPS) is 15.6. The van der Waals surface area contributed by atoms with Gasteiger partial charge in [-0.1, -0.05) is 51.9 Å². The monoisotopic (exact) mass is 266 g/mol. The van der Waals surface area contributed by atoms with Crippen LogP contribution >= 0.6 is 0 Å². The van der Waals surface area contributed by atoms with Gasteiger partial charge in [0, 0.05) is 12.1 Å². The Bertz CT molecular complexity index is 282. The van der Waals surface area contributed by atoms with Gasteiger partial charge in [0.1, 0.15) is 0 Å². The number of carbonyl (C=O) groups excluding carboxylic acids is 1. The molecule has 0 radical (unpaired) electrons. The Labute approximate surface area is 118 Å². The highest BCUT2D eigenvalue weighted by atomic mass is 16.2. The van der Waals surface area contributed by atoms with Gasteiger partial charge in [0.25, 0.3) is 0 Å². The number of nitrogens with zero attached hydrogens (tertiary/aromatic N) is 1. The number of carbonyl (C=O) groups is 1. The Morgan fingerprint density at radius 2 is 1.63 bits per heavy atom. The first-order valence-electron chi connectivity index (χ1n) is 8.07. The number of amides is 1. The third kappa shape index (κ3) is 8.79. The summed E-state index contributed by atoms with van der Waals surface area (Å²) in [6, 6.07) is 0. The first-order valence-corrected chi connectivity index (χ1v) is 8.07. The van der Waals surface area contributed by atoms with E-state index in [-0.39, 0.29) is 5.91 Å². The number of hydrogen-bond donors (Lipinski definition) is 1. The maximum Gasteiger partial charge on any atom is 0.240 e. The highest BCUT2D eigenvalue weighted by Crippen LogP contribution is 2.30. The molecule has 1 amide bonds. The summed E-state index contributed by atoms with van der Waals surface area (Å²) >= 11 is 0. The molecule has 19 heavy (non-hydrogen) atoms. The van der Waals surface area contributed by atoms with Crippen LogP contribution in [0.5, 0.6) is 0 Å². The van der Waals surface area contributed by atoms with Crippen molar-refractivity contribution in [1.29, 1.82) is 0 Å². The highest BCUT2D eigenvalue weighted by Gasteiger charge is 2.24. The number of hydrogen-bond acceptors (Lipinski definition) is 2. The fourth-order valence-corrected chi connectivity index (χ4v) is 2.22. The second-order valence-corrected chi connectivity index (χ2v) is 5.79. The fraction of sp³-hybridized carbons (Fsp3) is 0.875. The van der Waals surface area contributed by atoms with Gasteiger partial charge in [-0.25, -0.2) is 5.43 Å². The molecule has 0 aromatic heterocycles. The van der Waals surface area contributed by atoms with Crippen LogP contribution in [0.4, 0.5) is 0 Å². The average Bonchev–Trinajstić information content (AvgIpc) is 3.23. The molecule has 0 atom stereocenters. The Kier molecular flexibility index (Phi) is 8.52. The molecule has 110 valence electrons. The molecule has 0 saturated heterocycles. The zero-order valence-corrected chi connectivity index (χ0v) is 12.7. The topological polar surface area (TPSA) is 41.5 Å². The van der Waals surface area contributed by atoms with E-state index in [0.717, 1.165) is 12.1 Å². The molecular formula is C16H30N2O. The van der Waals surface area contributed by atoms with Gasteiger partial charge < -0.3 is 0 Å². The molecule has 1 saturated carbocycles. The molecule has 0 spiro atoms. The summed E-state index contributed by atoms with van der Waals surface area (Å²) in [5.41, 5.74) is 3.76. The Morgan fingerprint density at radius 3 is 2.21 bits per heavy atom. The van der Waals surface area contributed by atoms with Gasteiger partial charge in [0.15, 0.2) is 0 Å². The van der Waals surface area contributed by atoms with E-state index in [4.69, 9.17) is 0 Å². The molecule has 1 rings (SSSR count). The number of rotatable bonds is 11. The molecular weight excluding hydrogens is 236 g/mol.